The number of halogens is 3. The summed E-state index contributed by atoms with van der Waals surface area (Å²) in [7, 11) is 0. The van der Waals surface area contributed by atoms with Gasteiger partial charge in [-0.3, -0.25) is 14.2 Å². The van der Waals surface area contributed by atoms with E-state index in [1.807, 2.05) is 13.8 Å². The Balaban J connectivity index is 1.83. The molecule has 3 rings (SSSR count). The number of anilines is 1. The first-order valence-corrected chi connectivity index (χ1v) is 9.36. The number of thiophene rings is 1. The number of rotatable bonds is 5. The number of amides is 1. The molecule has 148 valence electrons. The van der Waals surface area contributed by atoms with E-state index in [2.05, 4.69) is 4.98 Å². The van der Waals surface area contributed by atoms with E-state index in [0.717, 1.165) is 10.4 Å². The first kappa shape index (κ1) is 20.1. The maximum atomic E-state index is 12.9. The van der Waals surface area contributed by atoms with Crippen LogP contribution in [0.5, 0.6) is 0 Å². The quantitative estimate of drug-likeness (QED) is 0.639. The summed E-state index contributed by atoms with van der Waals surface area (Å²) in [5.74, 6) is -0.714. The van der Waals surface area contributed by atoms with Crippen LogP contribution in [0.15, 0.2) is 41.5 Å². The van der Waals surface area contributed by atoms with Crippen LogP contribution < -0.4 is 10.5 Å². The van der Waals surface area contributed by atoms with Crippen molar-refractivity contribution in [2.75, 3.05) is 11.4 Å². The number of carbonyl (C=O) groups is 1. The topological polar surface area (TPSA) is 55.2 Å². The molecule has 2 aromatic heterocycles. The molecule has 0 N–H and O–H groups in total. The summed E-state index contributed by atoms with van der Waals surface area (Å²) in [5, 5.41) is 0.493. The number of carbonyl (C=O) groups excluding carboxylic acids is 1. The highest BCUT2D eigenvalue weighted by atomic mass is 32.1. The molecule has 1 amide bonds. The highest BCUT2D eigenvalue weighted by Crippen LogP contribution is 2.26. The lowest BCUT2D eigenvalue weighted by Crippen LogP contribution is -2.39. The minimum atomic E-state index is -4.53. The average Bonchev–Trinajstić information content (AvgIpc) is 2.94. The van der Waals surface area contributed by atoms with Crippen molar-refractivity contribution < 1.29 is 18.0 Å². The molecule has 0 atom stereocenters. The van der Waals surface area contributed by atoms with Crippen LogP contribution in [0.2, 0.25) is 0 Å². The lowest BCUT2D eigenvalue weighted by molar-refractivity contribution is -0.132. The van der Waals surface area contributed by atoms with Gasteiger partial charge in [0.25, 0.3) is 5.56 Å². The van der Waals surface area contributed by atoms with Gasteiger partial charge in [0, 0.05) is 23.5 Å². The van der Waals surface area contributed by atoms with Crippen LogP contribution in [-0.2, 0) is 11.3 Å². The molecular weight excluding hydrogens is 391 g/mol. The molecule has 5 nitrogen and oxygen atoms in total. The molecule has 0 radical (unpaired) electrons. The smallest absolute Gasteiger partial charge is 0.303 e. The number of hydrogen-bond acceptors (Lipinski definition) is 4. The molecule has 0 fully saturated rings. The number of fused-ring (bicyclic) bond motifs is 1. The summed E-state index contributed by atoms with van der Waals surface area (Å²) in [5.41, 5.74) is 0.706. The Morgan fingerprint density at radius 2 is 1.89 bits per heavy atom. The summed E-state index contributed by atoms with van der Waals surface area (Å²) in [4.78, 5) is 31.7. The maximum Gasteiger partial charge on any atom is 0.406 e. The second-order valence-corrected chi connectivity index (χ2v) is 7.59. The van der Waals surface area contributed by atoms with Gasteiger partial charge in [0.15, 0.2) is 0 Å². The summed E-state index contributed by atoms with van der Waals surface area (Å²) in [6.07, 6.45) is -3.45. The van der Waals surface area contributed by atoms with E-state index in [9.17, 15) is 22.8 Å². The van der Waals surface area contributed by atoms with Crippen molar-refractivity contribution in [3.05, 3.63) is 57.5 Å². The molecule has 0 aliphatic rings. The van der Waals surface area contributed by atoms with Gasteiger partial charge in [-0.1, -0.05) is 18.2 Å². The zero-order valence-corrected chi connectivity index (χ0v) is 16.1. The molecule has 9 heteroatoms. The van der Waals surface area contributed by atoms with Crippen molar-refractivity contribution in [1.82, 2.24) is 9.55 Å². The van der Waals surface area contributed by atoms with Gasteiger partial charge in [0.05, 0.1) is 11.7 Å². The molecule has 1 aromatic carbocycles. The SMILES string of the molecule is Cc1sc2ncn(CCC(=O)N(CC(F)(F)F)c3ccccc3)c(=O)c2c1C. The van der Waals surface area contributed by atoms with E-state index in [0.29, 0.717) is 15.1 Å². The fourth-order valence-corrected chi connectivity index (χ4v) is 3.88. The molecule has 0 unspecified atom stereocenters. The zero-order chi connectivity index (χ0) is 20.5. The zero-order valence-electron chi connectivity index (χ0n) is 15.3. The number of hydrogen-bond donors (Lipinski definition) is 0. The van der Waals surface area contributed by atoms with Crippen LogP contribution in [0.4, 0.5) is 18.9 Å². The Kier molecular flexibility index (Phi) is 5.55. The van der Waals surface area contributed by atoms with Crippen LogP contribution in [-0.4, -0.2) is 28.2 Å². The second-order valence-electron chi connectivity index (χ2n) is 6.39. The molecule has 2 heterocycles. The highest BCUT2D eigenvalue weighted by Gasteiger charge is 2.33. The summed E-state index contributed by atoms with van der Waals surface area (Å²) in [6.45, 7) is 2.29. The fraction of sp³-hybridized carbons (Fsp3) is 0.316. The van der Waals surface area contributed by atoms with Gasteiger partial charge in [-0.15, -0.1) is 11.3 Å². The molecule has 0 aliphatic heterocycles. The van der Waals surface area contributed by atoms with Crippen molar-refractivity contribution in [2.24, 2.45) is 0 Å². The van der Waals surface area contributed by atoms with Crippen LogP contribution >= 0.6 is 11.3 Å². The van der Waals surface area contributed by atoms with Crippen LogP contribution in [0.25, 0.3) is 10.2 Å². The minimum Gasteiger partial charge on any atom is -0.303 e. The van der Waals surface area contributed by atoms with Gasteiger partial charge in [-0.2, -0.15) is 13.2 Å². The van der Waals surface area contributed by atoms with Crippen LogP contribution in [0, 0.1) is 13.8 Å². The molecule has 0 bridgehead atoms. The number of benzene rings is 1. The Morgan fingerprint density at radius 1 is 1.21 bits per heavy atom. The molecule has 0 saturated carbocycles. The number of alkyl halides is 3. The van der Waals surface area contributed by atoms with E-state index < -0.39 is 18.6 Å². The fourth-order valence-electron chi connectivity index (χ4n) is 2.89. The Morgan fingerprint density at radius 3 is 2.54 bits per heavy atom. The Hall–Kier alpha value is -2.68. The van der Waals surface area contributed by atoms with E-state index in [1.165, 1.54) is 34.4 Å². The summed E-state index contributed by atoms with van der Waals surface area (Å²) >= 11 is 1.41. The Labute approximate surface area is 163 Å². The average molecular weight is 409 g/mol. The molecule has 0 aliphatic carbocycles. The van der Waals surface area contributed by atoms with Gasteiger partial charge >= 0.3 is 6.18 Å². The second kappa shape index (κ2) is 7.75. The number of nitrogens with zero attached hydrogens (tertiary/aromatic N) is 3. The van der Waals surface area contributed by atoms with Gasteiger partial charge in [-0.05, 0) is 31.5 Å². The Bertz CT molecular complexity index is 1060. The van der Waals surface area contributed by atoms with Crippen molar-refractivity contribution in [2.45, 2.75) is 33.0 Å². The molecule has 28 heavy (non-hydrogen) atoms. The lowest BCUT2D eigenvalue weighted by atomic mass is 10.2. The third kappa shape index (κ3) is 4.24. The minimum absolute atomic E-state index is 0.0455. The largest absolute Gasteiger partial charge is 0.406 e. The summed E-state index contributed by atoms with van der Waals surface area (Å²) < 4.78 is 40.1. The highest BCUT2D eigenvalue weighted by molar-refractivity contribution is 7.18. The van der Waals surface area contributed by atoms with Gasteiger partial charge in [0.1, 0.15) is 11.4 Å². The third-order valence-corrected chi connectivity index (χ3v) is 5.54. The van der Waals surface area contributed by atoms with Crippen molar-refractivity contribution >= 4 is 33.1 Å². The third-order valence-electron chi connectivity index (χ3n) is 4.43. The lowest BCUT2D eigenvalue weighted by Gasteiger charge is -2.24. The number of aromatic nitrogens is 2. The molecule has 0 spiro atoms. The predicted octanol–water partition coefficient (Wildman–Crippen LogP) is 4.06. The van der Waals surface area contributed by atoms with Crippen molar-refractivity contribution in [3.8, 4) is 0 Å². The van der Waals surface area contributed by atoms with E-state index >= 15 is 0 Å². The van der Waals surface area contributed by atoms with Gasteiger partial charge in [-0.25, -0.2) is 4.98 Å². The maximum absolute atomic E-state index is 12.9. The van der Waals surface area contributed by atoms with Crippen molar-refractivity contribution in [3.63, 3.8) is 0 Å². The normalized spacial score (nSPS) is 11.8. The first-order chi connectivity index (χ1) is 13.2. The van der Waals surface area contributed by atoms with Crippen LogP contribution in [0.1, 0.15) is 16.9 Å². The van der Waals surface area contributed by atoms with Gasteiger partial charge in [0.2, 0.25) is 5.91 Å². The van der Waals surface area contributed by atoms with Crippen LogP contribution in [0.3, 0.4) is 0 Å². The molecule has 3 aromatic rings. The van der Waals surface area contributed by atoms with E-state index in [-0.39, 0.29) is 24.2 Å². The van der Waals surface area contributed by atoms with E-state index in [1.54, 1.807) is 18.2 Å². The molecular formula is C19H18F3N3O2S. The van der Waals surface area contributed by atoms with Gasteiger partial charge < -0.3 is 4.90 Å². The molecule has 0 saturated heterocycles. The standard InChI is InChI=1S/C19H18F3N3O2S/c1-12-13(2)28-17-16(12)18(27)24(11-23-17)9-8-15(26)25(10-19(20,21)22)14-6-4-3-5-7-14/h3-7,11H,8-10H2,1-2H3. The van der Waals surface area contributed by atoms with E-state index in [4.69, 9.17) is 0 Å². The van der Waals surface area contributed by atoms with Crippen molar-refractivity contribution in [1.29, 1.82) is 0 Å². The monoisotopic (exact) mass is 409 g/mol. The summed E-state index contributed by atoms with van der Waals surface area (Å²) in [6, 6.07) is 7.68. The first-order valence-electron chi connectivity index (χ1n) is 8.54. The predicted molar refractivity (Wildman–Crippen MR) is 103 cm³/mol. The number of para-hydroxylation sites is 1. The number of aryl methyl sites for hydroxylation is 3.